The van der Waals surface area contributed by atoms with Gasteiger partial charge in [0.25, 0.3) is 11.8 Å². The van der Waals surface area contributed by atoms with Crippen LogP contribution in [0.25, 0.3) is 6.08 Å². The summed E-state index contributed by atoms with van der Waals surface area (Å²) in [5.41, 5.74) is 5.38. The zero-order valence-electron chi connectivity index (χ0n) is 19.1. The number of rotatable bonds is 9. The molecule has 2 aromatic carbocycles. The molecule has 9 heteroatoms. The average Bonchev–Trinajstić information content (AvgIpc) is 3.03. The number of carbonyl (C=O) groups is 2. The van der Waals surface area contributed by atoms with E-state index < -0.39 is 11.8 Å². The number of ether oxygens (including phenoxy) is 2. The lowest BCUT2D eigenvalue weighted by Crippen LogP contribution is -2.44. The summed E-state index contributed by atoms with van der Waals surface area (Å²) in [5.74, 6) is 0.308. The molecule has 0 aromatic heterocycles. The van der Waals surface area contributed by atoms with E-state index in [-0.39, 0.29) is 9.88 Å². The van der Waals surface area contributed by atoms with Gasteiger partial charge in [0.1, 0.15) is 0 Å². The van der Waals surface area contributed by atoms with Crippen LogP contribution in [0.5, 0.6) is 11.5 Å². The zero-order chi connectivity index (χ0) is 24.8. The molecule has 34 heavy (non-hydrogen) atoms. The van der Waals surface area contributed by atoms with Crippen LogP contribution in [-0.2, 0) is 11.2 Å². The third-order valence-corrected chi connectivity index (χ3v) is 6.40. The van der Waals surface area contributed by atoms with Crippen LogP contribution in [-0.4, -0.2) is 34.4 Å². The minimum absolute atomic E-state index is 0.218. The summed E-state index contributed by atoms with van der Waals surface area (Å²) in [5, 5.41) is 1.36. The monoisotopic (exact) mass is 516 g/mol. The van der Waals surface area contributed by atoms with Crippen LogP contribution in [0.4, 0.5) is 0 Å². The van der Waals surface area contributed by atoms with Crippen molar-refractivity contribution in [1.82, 2.24) is 10.4 Å². The quantitative estimate of drug-likeness (QED) is 0.261. The lowest BCUT2D eigenvalue weighted by molar-refractivity contribution is -0.123. The van der Waals surface area contributed by atoms with Crippen molar-refractivity contribution >= 4 is 57.8 Å². The van der Waals surface area contributed by atoms with Crippen molar-refractivity contribution in [1.29, 1.82) is 0 Å². The third kappa shape index (κ3) is 5.81. The molecular formula is C25H25ClN2O4S2. The minimum atomic E-state index is -0.518. The maximum Gasteiger partial charge on any atom is 0.285 e. The Kier molecular flexibility index (Phi) is 8.77. The Morgan fingerprint density at radius 3 is 2.62 bits per heavy atom. The number of nitrogens with one attached hydrogen (secondary N) is 1. The predicted molar refractivity (Wildman–Crippen MR) is 141 cm³/mol. The van der Waals surface area contributed by atoms with E-state index in [4.69, 9.17) is 33.3 Å². The SMILES string of the molecule is C=CCc1cc(/C=C2/SC(=S)N(NC(=O)c3ccc(C)cc3Cl)C2=O)cc(OCC)c1OCC. The van der Waals surface area contributed by atoms with Crippen LogP contribution < -0.4 is 14.9 Å². The molecule has 0 unspecified atom stereocenters. The molecule has 6 nitrogen and oxygen atoms in total. The van der Waals surface area contributed by atoms with E-state index in [9.17, 15) is 9.59 Å². The highest BCUT2D eigenvalue weighted by atomic mass is 35.5. The van der Waals surface area contributed by atoms with E-state index in [1.165, 1.54) is 0 Å². The van der Waals surface area contributed by atoms with Crippen molar-refractivity contribution in [3.05, 3.63) is 75.2 Å². The lowest BCUT2D eigenvalue weighted by atomic mass is 10.0. The van der Waals surface area contributed by atoms with E-state index in [0.29, 0.717) is 41.1 Å². The summed E-state index contributed by atoms with van der Waals surface area (Å²) < 4.78 is 11.8. The van der Waals surface area contributed by atoms with Gasteiger partial charge in [-0.2, -0.15) is 5.01 Å². The van der Waals surface area contributed by atoms with E-state index in [1.807, 2.05) is 32.9 Å². The highest BCUT2D eigenvalue weighted by Crippen LogP contribution is 2.37. The van der Waals surface area contributed by atoms with E-state index in [1.54, 1.807) is 30.4 Å². The van der Waals surface area contributed by atoms with Crippen LogP contribution in [0, 0.1) is 6.92 Å². The van der Waals surface area contributed by atoms with Crippen LogP contribution in [0.15, 0.2) is 47.9 Å². The molecule has 1 N–H and O–H groups in total. The zero-order valence-corrected chi connectivity index (χ0v) is 21.5. The van der Waals surface area contributed by atoms with Crippen molar-refractivity contribution in [3.63, 3.8) is 0 Å². The maximum absolute atomic E-state index is 13.0. The highest BCUT2D eigenvalue weighted by Gasteiger charge is 2.34. The lowest BCUT2D eigenvalue weighted by Gasteiger charge is -2.16. The van der Waals surface area contributed by atoms with Crippen molar-refractivity contribution in [2.24, 2.45) is 0 Å². The third-order valence-electron chi connectivity index (χ3n) is 4.78. The highest BCUT2D eigenvalue weighted by molar-refractivity contribution is 8.26. The number of carbonyl (C=O) groups excluding carboxylic acids is 2. The topological polar surface area (TPSA) is 67.9 Å². The molecule has 2 amide bonds. The summed E-state index contributed by atoms with van der Waals surface area (Å²) in [6.07, 6.45) is 4.07. The molecule has 2 aromatic rings. The summed E-state index contributed by atoms with van der Waals surface area (Å²) in [6.45, 7) is 10.4. The van der Waals surface area contributed by atoms with Gasteiger partial charge < -0.3 is 9.47 Å². The van der Waals surface area contributed by atoms with Crippen LogP contribution >= 0.6 is 35.6 Å². The molecular weight excluding hydrogens is 492 g/mol. The molecule has 1 saturated heterocycles. The van der Waals surface area contributed by atoms with E-state index in [0.717, 1.165) is 33.5 Å². The number of thiocarbonyl (C=S) groups is 1. The van der Waals surface area contributed by atoms with Gasteiger partial charge in [0.15, 0.2) is 15.8 Å². The molecule has 0 atom stereocenters. The van der Waals surface area contributed by atoms with Crippen molar-refractivity contribution in [2.75, 3.05) is 13.2 Å². The maximum atomic E-state index is 13.0. The molecule has 178 valence electrons. The van der Waals surface area contributed by atoms with Crippen molar-refractivity contribution < 1.29 is 19.1 Å². The molecule has 0 radical (unpaired) electrons. The van der Waals surface area contributed by atoms with Gasteiger partial charge in [-0.1, -0.05) is 35.5 Å². The number of amides is 2. The number of allylic oxidation sites excluding steroid dienone is 1. The fourth-order valence-electron chi connectivity index (χ4n) is 3.33. The summed E-state index contributed by atoms with van der Waals surface area (Å²) in [4.78, 5) is 26.1. The number of thioether (sulfide) groups is 1. The Balaban J connectivity index is 1.89. The Bertz CT molecular complexity index is 1180. The molecule has 1 heterocycles. The Morgan fingerprint density at radius 2 is 1.97 bits per heavy atom. The number of nitrogens with zero attached hydrogens (tertiary/aromatic N) is 1. The molecule has 1 aliphatic heterocycles. The van der Waals surface area contributed by atoms with E-state index in [2.05, 4.69) is 12.0 Å². The largest absolute Gasteiger partial charge is 0.490 e. The number of benzene rings is 2. The van der Waals surface area contributed by atoms with Gasteiger partial charge in [-0.25, -0.2) is 0 Å². The fraction of sp³-hybridized carbons (Fsp3) is 0.240. The normalized spacial score (nSPS) is 14.5. The molecule has 1 aliphatic rings. The number of halogens is 1. The Labute approximate surface area is 213 Å². The van der Waals surface area contributed by atoms with Gasteiger partial charge in [-0.3, -0.25) is 15.0 Å². The standard InChI is InChI=1S/C25H25ClN2O4S2/c1-5-8-17-12-16(13-20(31-6-2)22(17)32-7-3)14-21-24(30)28(25(33)34-21)27-23(29)18-10-9-15(4)11-19(18)26/h5,9-14H,1,6-8H2,2-4H3,(H,27,29)/b21-14+. The second-order valence-corrected chi connectivity index (χ2v) is 9.39. The van der Waals surface area contributed by atoms with E-state index >= 15 is 0 Å². The second-order valence-electron chi connectivity index (χ2n) is 7.31. The summed E-state index contributed by atoms with van der Waals surface area (Å²) >= 11 is 12.6. The van der Waals surface area contributed by atoms with Crippen LogP contribution in [0.3, 0.4) is 0 Å². The predicted octanol–water partition coefficient (Wildman–Crippen LogP) is 5.72. The van der Waals surface area contributed by atoms with Gasteiger partial charge in [0.2, 0.25) is 0 Å². The number of hydrazine groups is 1. The smallest absolute Gasteiger partial charge is 0.285 e. The fourth-order valence-corrected chi connectivity index (χ4v) is 4.83. The molecule has 0 spiro atoms. The number of hydrogen-bond donors (Lipinski definition) is 1. The van der Waals surface area contributed by atoms with Crippen LogP contribution in [0.2, 0.25) is 5.02 Å². The molecule has 0 saturated carbocycles. The van der Waals surface area contributed by atoms with Crippen molar-refractivity contribution in [3.8, 4) is 11.5 Å². The van der Waals surface area contributed by atoms with Gasteiger partial charge in [-0.05, 0) is 80.9 Å². The van der Waals surface area contributed by atoms with Gasteiger partial charge in [0, 0.05) is 5.56 Å². The second kappa shape index (κ2) is 11.6. The average molecular weight is 517 g/mol. The molecule has 1 fully saturated rings. The minimum Gasteiger partial charge on any atom is -0.490 e. The summed E-state index contributed by atoms with van der Waals surface area (Å²) in [7, 11) is 0. The van der Waals surface area contributed by atoms with Gasteiger partial charge in [-0.15, -0.1) is 6.58 Å². The molecule has 0 bridgehead atoms. The number of hydrogen-bond acceptors (Lipinski definition) is 6. The Morgan fingerprint density at radius 1 is 1.24 bits per heavy atom. The van der Waals surface area contributed by atoms with Crippen LogP contribution in [0.1, 0.15) is 40.9 Å². The first-order chi connectivity index (χ1) is 16.3. The van der Waals surface area contributed by atoms with Gasteiger partial charge >= 0.3 is 0 Å². The molecule has 3 rings (SSSR count). The first-order valence-electron chi connectivity index (χ1n) is 10.7. The first kappa shape index (κ1) is 25.8. The van der Waals surface area contributed by atoms with Crippen molar-refractivity contribution in [2.45, 2.75) is 27.2 Å². The first-order valence-corrected chi connectivity index (χ1v) is 12.3. The Hall–Kier alpha value is -2.81. The van der Waals surface area contributed by atoms with Gasteiger partial charge in [0.05, 0.1) is 28.7 Å². The molecule has 0 aliphatic carbocycles. The number of aryl methyl sites for hydroxylation is 1. The summed E-state index contributed by atoms with van der Waals surface area (Å²) in [6, 6.07) is 8.80.